The van der Waals surface area contributed by atoms with Gasteiger partial charge in [-0.05, 0) is 12.1 Å². The first-order valence-electron chi connectivity index (χ1n) is 5.88. The highest BCUT2D eigenvalue weighted by Crippen LogP contribution is 2.07. The molecule has 0 radical (unpaired) electrons. The number of benzene rings is 2. The lowest BCUT2D eigenvalue weighted by Gasteiger charge is -1.98. The Morgan fingerprint density at radius 2 is 1.19 bits per heavy atom. The van der Waals surface area contributed by atoms with E-state index in [1.165, 1.54) is 24.3 Å². The third-order valence-electron chi connectivity index (χ3n) is 2.47. The summed E-state index contributed by atoms with van der Waals surface area (Å²) in [6.07, 6.45) is 0. The summed E-state index contributed by atoms with van der Waals surface area (Å²) in [5, 5.41) is 24.1. The number of carboxylic acid groups (broad SMARTS) is 2. The fraction of sp³-hybridized carbons (Fsp3) is 0. The molecule has 0 aliphatic heterocycles. The Hall–Kier alpha value is -3.15. The number of carboxylic acids is 2. The molecule has 21 heavy (non-hydrogen) atoms. The number of nitrogens with one attached hydrogen (secondary N) is 1. The second-order valence-electron chi connectivity index (χ2n) is 3.94. The van der Waals surface area contributed by atoms with Gasteiger partial charge in [0, 0.05) is 5.56 Å². The van der Waals surface area contributed by atoms with Gasteiger partial charge in [0.25, 0.3) is 0 Å². The summed E-state index contributed by atoms with van der Waals surface area (Å²) in [5.74, 6) is -2.34. The van der Waals surface area contributed by atoms with Crippen LogP contribution in [-0.2, 0) is 0 Å². The zero-order valence-corrected chi connectivity index (χ0v) is 11.0. The van der Waals surface area contributed by atoms with Crippen LogP contribution in [0.15, 0.2) is 54.6 Å². The van der Waals surface area contributed by atoms with Crippen LogP contribution in [0.5, 0.6) is 0 Å². The van der Waals surface area contributed by atoms with Crippen LogP contribution in [-0.4, -0.2) is 28.0 Å². The Morgan fingerprint density at radius 1 is 0.810 bits per heavy atom. The van der Waals surface area contributed by atoms with Crippen LogP contribution in [0, 0.1) is 5.41 Å². The largest absolute Gasteiger partial charge is 0.478 e. The van der Waals surface area contributed by atoms with Crippen LogP contribution in [0.25, 0.3) is 0 Å². The molecule has 6 nitrogen and oxygen atoms in total. The fourth-order valence-electron chi connectivity index (χ4n) is 1.47. The van der Waals surface area contributed by atoms with E-state index in [1.54, 1.807) is 0 Å². The maximum Gasteiger partial charge on any atom is 0.336 e. The van der Waals surface area contributed by atoms with Crippen molar-refractivity contribution in [1.82, 2.24) is 0 Å². The van der Waals surface area contributed by atoms with E-state index in [0.29, 0.717) is 0 Å². The summed E-state index contributed by atoms with van der Waals surface area (Å²) in [6, 6.07) is 14.7. The maximum absolute atomic E-state index is 10.5. The van der Waals surface area contributed by atoms with E-state index >= 15 is 0 Å². The minimum Gasteiger partial charge on any atom is -0.478 e. The first kappa shape index (κ1) is 15.9. The summed E-state index contributed by atoms with van der Waals surface area (Å²) in [4.78, 5) is 20.9. The Balaban J connectivity index is 0.000000219. The van der Waals surface area contributed by atoms with E-state index in [0.717, 1.165) is 5.56 Å². The molecule has 2 rings (SSSR count). The quantitative estimate of drug-likeness (QED) is 0.507. The van der Waals surface area contributed by atoms with Crippen molar-refractivity contribution in [3.63, 3.8) is 0 Å². The van der Waals surface area contributed by atoms with E-state index in [9.17, 15) is 9.59 Å². The molecule has 0 heterocycles. The molecule has 0 unspecified atom stereocenters. The van der Waals surface area contributed by atoms with Crippen molar-refractivity contribution >= 4 is 17.8 Å². The lowest BCUT2D eigenvalue weighted by atomic mass is 10.1. The lowest BCUT2D eigenvalue weighted by molar-refractivity contribution is 0.0651. The fourth-order valence-corrected chi connectivity index (χ4v) is 1.47. The van der Waals surface area contributed by atoms with Gasteiger partial charge in [0.2, 0.25) is 0 Å². The molecule has 0 aliphatic rings. The van der Waals surface area contributed by atoms with Crippen molar-refractivity contribution in [3.8, 4) is 0 Å². The molecule has 6 heteroatoms. The molecule has 0 amide bonds. The normalized spacial score (nSPS) is 9.14. The highest BCUT2D eigenvalue weighted by Gasteiger charge is 2.13. The summed E-state index contributed by atoms with van der Waals surface area (Å²) < 4.78 is 0. The highest BCUT2D eigenvalue weighted by molar-refractivity contribution is 6.01. The monoisotopic (exact) mass is 286 g/mol. The van der Waals surface area contributed by atoms with Gasteiger partial charge in [-0.15, -0.1) is 0 Å². The van der Waals surface area contributed by atoms with Crippen molar-refractivity contribution in [1.29, 1.82) is 5.41 Å². The number of rotatable bonds is 3. The average molecular weight is 286 g/mol. The van der Waals surface area contributed by atoms with E-state index in [1.807, 2.05) is 30.3 Å². The third-order valence-corrected chi connectivity index (χ3v) is 2.47. The van der Waals surface area contributed by atoms with Gasteiger partial charge >= 0.3 is 11.9 Å². The summed E-state index contributed by atoms with van der Waals surface area (Å²) in [6.45, 7) is 0. The molecule has 0 atom stereocenters. The van der Waals surface area contributed by atoms with E-state index < -0.39 is 11.9 Å². The van der Waals surface area contributed by atoms with E-state index in [2.05, 4.69) is 0 Å². The zero-order valence-electron chi connectivity index (χ0n) is 11.0. The third kappa shape index (κ3) is 4.79. The molecule has 0 saturated heterocycles. The van der Waals surface area contributed by atoms with Crippen LogP contribution in [0.1, 0.15) is 26.3 Å². The molecule has 2 aromatic carbocycles. The minimum absolute atomic E-state index is 0.121. The number of carbonyl (C=O) groups is 2. The van der Waals surface area contributed by atoms with Gasteiger partial charge in [-0.1, -0.05) is 42.5 Å². The van der Waals surface area contributed by atoms with Gasteiger partial charge in [-0.3, -0.25) is 5.41 Å². The predicted molar refractivity (Wildman–Crippen MR) is 77.8 cm³/mol. The second kappa shape index (κ2) is 7.44. The first-order chi connectivity index (χ1) is 9.93. The van der Waals surface area contributed by atoms with Gasteiger partial charge in [0.15, 0.2) is 0 Å². The van der Waals surface area contributed by atoms with Gasteiger partial charge in [0.05, 0.1) is 11.1 Å². The molecule has 5 N–H and O–H groups in total. The zero-order chi connectivity index (χ0) is 15.8. The summed E-state index contributed by atoms with van der Waals surface area (Å²) in [5.41, 5.74) is 5.59. The Labute approximate surface area is 121 Å². The number of nitrogens with two attached hydrogens (primary N) is 1. The van der Waals surface area contributed by atoms with E-state index in [-0.39, 0.29) is 17.0 Å². The number of hydrogen-bond donors (Lipinski definition) is 4. The minimum atomic E-state index is -1.23. The average Bonchev–Trinajstić information content (AvgIpc) is 2.48. The predicted octanol–water partition coefficient (Wildman–Crippen LogP) is 2.05. The number of hydrogen-bond acceptors (Lipinski definition) is 3. The standard InChI is InChI=1S/C8H6O4.C7H8N2/c9-7(10)5-3-1-2-4-6(5)8(11)12;8-7(9)6-4-2-1-3-5-6/h1-4H,(H,9,10)(H,11,12);1-5H,(H3,8,9). The number of amidine groups is 1. The van der Waals surface area contributed by atoms with Crippen LogP contribution in [0.4, 0.5) is 0 Å². The Morgan fingerprint density at radius 3 is 1.48 bits per heavy atom. The molecule has 0 aromatic heterocycles. The van der Waals surface area contributed by atoms with Crippen molar-refractivity contribution in [2.75, 3.05) is 0 Å². The molecular weight excluding hydrogens is 272 g/mol. The molecule has 0 spiro atoms. The topological polar surface area (TPSA) is 124 Å². The molecule has 0 saturated carbocycles. The van der Waals surface area contributed by atoms with Crippen molar-refractivity contribution in [2.45, 2.75) is 0 Å². The van der Waals surface area contributed by atoms with Crippen molar-refractivity contribution in [2.24, 2.45) is 5.73 Å². The molecule has 2 aromatic rings. The van der Waals surface area contributed by atoms with Crippen LogP contribution in [0.2, 0.25) is 0 Å². The number of aromatic carboxylic acids is 2. The van der Waals surface area contributed by atoms with Crippen molar-refractivity contribution in [3.05, 3.63) is 71.3 Å². The SMILES string of the molecule is N=C(N)c1ccccc1.O=C(O)c1ccccc1C(=O)O. The second-order valence-corrected chi connectivity index (χ2v) is 3.94. The number of nitrogen functional groups attached to an aromatic ring is 1. The van der Waals surface area contributed by atoms with Gasteiger partial charge < -0.3 is 15.9 Å². The molecule has 108 valence electrons. The van der Waals surface area contributed by atoms with Gasteiger partial charge in [0.1, 0.15) is 5.84 Å². The maximum atomic E-state index is 10.5. The Kier molecular flexibility index (Phi) is 5.64. The summed E-state index contributed by atoms with van der Waals surface area (Å²) in [7, 11) is 0. The highest BCUT2D eigenvalue weighted by atomic mass is 16.4. The van der Waals surface area contributed by atoms with Crippen LogP contribution >= 0.6 is 0 Å². The Bertz CT molecular complexity index is 621. The lowest BCUT2D eigenvalue weighted by Crippen LogP contribution is -2.10. The van der Waals surface area contributed by atoms with Crippen LogP contribution < -0.4 is 5.73 Å². The van der Waals surface area contributed by atoms with E-state index in [4.69, 9.17) is 21.4 Å². The van der Waals surface area contributed by atoms with Crippen molar-refractivity contribution < 1.29 is 19.8 Å². The first-order valence-corrected chi connectivity index (χ1v) is 5.88. The molecule has 0 fully saturated rings. The smallest absolute Gasteiger partial charge is 0.336 e. The van der Waals surface area contributed by atoms with Gasteiger partial charge in [-0.2, -0.15) is 0 Å². The van der Waals surface area contributed by atoms with Crippen LogP contribution in [0.3, 0.4) is 0 Å². The summed E-state index contributed by atoms with van der Waals surface area (Å²) >= 11 is 0. The molecular formula is C15H14N2O4. The van der Waals surface area contributed by atoms with Gasteiger partial charge in [-0.25, -0.2) is 9.59 Å². The molecule has 0 bridgehead atoms. The molecule has 0 aliphatic carbocycles.